The van der Waals surface area contributed by atoms with Crippen LogP contribution in [0.1, 0.15) is 20.8 Å². The molecule has 2 aliphatic heterocycles. The van der Waals surface area contributed by atoms with Gasteiger partial charge in [0.05, 0.1) is 5.57 Å². The highest BCUT2D eigenvalue weighted by atomic mass is 16.6. The van der Waals surface area contributed by atoms with Crippen molar-refractivity contribution in [2.24, 2.45) is 0 Å². The van der Waals surface area contributed by atoms with Crippen molar-refractivity contribution in [3.05, 3.63) is 108 Å². The van der Waals surface area contributed by atoms with Gasteiger partial charge >= 0.3 is 5.97 Å². The molecule has 0 fully saturated rings. The summed E-state index contributed by atoms with van der Waals surface area (Å²) in [5, 5.41) is 0. The number of carbonyl (C=O) groups excluding carboxylic acids is 1. The lowest BCUT2D eigenvalue weighted by Crippen LogP contribution is -2.40. The Bertz CT molecular complexity index is 841. The van der Waals surface area contributed by atoms with Gasteiger partial charge in [0.2, 0.25) is 0 Å². The van der Waals surface area contributed by atoms with E-state index in [0.717, 1.165) is 11.1 Å². The minimum atomic E-state index is -1.12. The highest BCUT2D eigenvalue weighted by molar-refractivity contribution is 5.99. The largest absolute Gasteiger partial charge is 0.457 e. The maximum Gasteiger partial charge on any atom is 0.340 e. The summed E-state index contributed by atoms with van der Waals surface area (Å²) in [6.45, 7) is 17.1. The highest BCUT2D eigenvalue weighted by Gasteiger charge is 2.54. The van der Waals surface area contributed by atoms with E-state index in [0.29, 0.717) is 22.7 Å². The second kappa shape index (κ2) is 7.87. The van der Waals surface area contributed by atoms with Crippen LogP contribution in [-0.4, -0.2) is 11.6 Å². The smallest absolute Gasteiger partial charge is 0.340 e. The molecule has 134 valence electrons. The molecule has 0 amide bonds. The molecule has 1 spiro atoms. The summed E-state index contributed by atoms with van der Waals surface area (Å²) in [4.78, 5) is 12.7. The van der Waals surface area contributed by atoms with E-state index >= 15 is 0 Å². The summed E-state index contributed by atoms with van der Waals surface area (Å²) in [6.07, 6.45) is 15.9. The van der Waals surface area contributed by atoms with Crippen molar-refractivity contribution in [2.45, 2.75) is 26.4 Å². The number of rotatable bonds is 5. The first-order valence-corrected chi connectivity index (χ1v) is 8.46. The lowest BCUT2D eigenvalue weighted by atomic mass is 9.75. The number of esters is 1. The molecular formula is C23H24O3. The third-order valence-electron chi connectivity index (χ3n) is 4.32. The molecular weight excluding hydrogens is 324 g/mol. The van der Waals surface area contributed by atoms with Crippen LogP contribution >= 0.6 is 0 Å². The third kappa shape index (κ3) is 2.76. The first-order chi connectivity index (χ1) is 12.5. The molecule has 3 heteroatoms. The molecule has 0 saturated carbocycles. The van der Waals surface area contributed by atoms with Crippen molar-refractivity contribution in [1.82, 2.24) is 0 Å². The monoisotopic (exact) mass is 348 g/mol. The average Bonchev–Trinajstić information content (AvgIpc) is 2.92. The van der Waals surface area contributed by atoms with Gasteiger partial charge in [-0.2, -0.15) is 0 Å². The van der Waals surface area contributed by atoms with Gasteiger partial charge in [-0.3, -0.25) is 0 Å². The topological polar surface area (TPSA) is 35.5 Å². The highest BCUT2D eigenvalue weighted by Crippen LogP contribution is 2.52. The van der Waals surface area contributed by atoms with Crippen LogP contribution in [0.2, 0.25) is 0 Å². The summed E-state index contributed by atoms with van der Waals surface area (Å²) < 4.78 is 12.0. The van der Waals surface area contributed by atoms with Crippen LogP contribution in [0.3, 0.4) is 0 Å². The molecule has 1 atom stereocenters. The molecule has 26 heavy (non-hydrogen) atoms. The van der Waals surface area contributed by atoms with E-state index < -0.39 is 11.6 Å². The van der Waals surface area contributed by atoms with Crippen LogP contribution in [0.4, 0.5) is 0 Å². The zero-order valence-corrected chi connectivity index (χ0v) is 15.5. The molecule has 0 aromatic heterocycles. The average molecular weight is 348 g/mol. The summed E-state index contributed by atoms with van der Waals surface area (Å²) >= 11 is 0. The Morgan fingerprint density at radius 1 is 0.962 bits per heavy atom. The van der Waals surface area contributed by atoms with Gasteiger partial charge in [0.25, 0.3) is 0 Å². The van der Waals surface area contributed by atoms with E-state index in [1.807, 2.05) is 51.2 Å². The van der Waals surface area contributed by atoms with Gasteiger partial charge < -0.3 is 9.47 Å². The van der Waals surface area contributed by atoms with Gasteiger partial charge in [0.1, 0.15) is 11.5 Å². The predicted molar refractivity (Wildman–Crippen MR) is 106 cm³/mol. The number of ether oxygens (including phenoxy) is 2. The lowest BCUT2D eigenvalue weighted by Gasteiger charge is -2.39. The Hall–Kier alpha value is -3.07. The van der Waals surface area contributed by atoms with Crippen molar-refractivity contribution < 1.29 is 14.3 Å². The number of carbonyl (C=O) groups is 1. The SMILES string of the molecule is C=C/C=C\C1=C(C=C)OC(=C/C)/C(=C\C)C12OC(=O)C(C=C)=C2/C=C\C. The quantitative estimate of drug-likeness (QED) is 0.493. The number of hydrogen-bond donors (Lipinski definition) is 0. The van der Waals surface area contributed by atoms with Crippen LogP contribution in [0, 0.1) is 0 Å². The van der Waals surface area contributed by atoms with Gasteiger partial charge in [-0.05, 0) is 32.9 Å². The molecule has 0 bridgehead atoms. The Labute approximate surface area is 155 Å². The van der Waals surface area contributed by atoms with Crippen molar-refractivity contribution in [3.63, 3.8) is 0 Å². The third-order valence-corrected chi connectivity index (χ3v) is 4.32. The van der Waals surface area contributed by atoms with E-state index in [1.54, 1.807) is 18.2 Å². The van der Waals surface area contributed by atoms with Crippen molar-refractivity contribution >= 4 is 5.97 Å². The second-order valence-corrected chi connectivity index (χ2v) is 5.64. The van der Waals surface area contributed by atoms with Crippen molar-refractivity contribution in [3.8, 4) is 0 Å². The maximum absolute atomic E-state index is 12.7. The van der Waals surface area contributed by atoms with Crippen molar-refractivity contribution in [1.29, 1.82) is 0 Å². The zero-order chi connectivity index (χ0) is 19.3. The maximum atomic E-state index is 12.7. The summed E-state index contributed by atoms with van der Waals surface area (Å²) in [6, 6.07) is 0. The zero-order valence-electron chi connectivity index (χ0n) is 15.5. The molecule has 2 rings (SSSR count). The van der Waals surface area contributed by atoms with Crippen LogP contribution in [0.25, 0.3) is 0 Å². The fourth-order valence-corrected chi connectivity index (χ4v) is 3.31. The molecule has 2 aliphatic rings. The van der Waals surface area contributed by atoms with Gasteiger partial charge in [-0.15, -0.1) is 0 Å². The van der Waals surface area contributed by atoms with E-state index in [9.17, 15) is 4.79 Å². The molecule has 0 N–H and O–H groups in total. The normalized spacial score (nSPS) is 26.3. The number of hydrogen-bond acceptors (Lipinski definition) is 3. The summed E-state index contributed by atoms with van der Waals surface area (Å²) in [7, 11) is 0. The second-order valence-electron chi connectivity index (χ2n) is 5.64. The predicted octanol–water partition coefficient (Wildman–Crippen LogP) is 5.40. The molecule has 3 nitrogen and oxygen atoms in total. The van der Waals surface area contributed by atoms with E-state index in [1.165, 1.54) is 6.08 Å². The Morgan fingerprint density at radius 2 is 1.69 bits per heavy atom. The minimum absolute atomic E-state index is 0.419. The lowest BCUT2D eigenvalue weighted by molar-refractivity contribution is -0.142. The van der Waals surface area contributed by atoms with Crippen LogP contribution in [0.15, 0.2) is 108 Å². The van der Waals surface area contributed by atoms with E-state index in [4.69, 9.17) is 9.47 Å². The molecule has 2 heterocycles. The van der Waals surface area contributed by atoms with Gasteiger partial charge in [-0.1, -0.05) is 62.3 Å². The molecule has 0 aromatic rings. The van der Waals surface area contributed by atoms with E-state index in [-0.39, 0.29) is 0 Å². The summed E-state index contributed by atoms with van der Waals surface area (Å²) in [5.74, 6) is 0.734. The van der Waals surface area contributed by atoms with Gasteiger partial charge in [0, 0.05) is 16.7 Å². The Balaban J connectivity index is 3.02. The fraction of sp³-hybridized carbons (Fsp3) is 0.174. The molecule has 0 aromatic carbocycles. The van der Waals surface area contributed by atoms with Gasteiger partial charge in [0.15, 0.2) is 5.60 Å². The van der Waals surface area contributed by atoms with E-state index in [2.05, 4.69) is 19.7 Å². The standard InChI is InChI=1S/C23H24O3/c1-7-13-15-19-21(12-6)25-20(11-5)17(10-4)23(19)18(14-8-2)16(9-3)22(24)26-23/h7-15H,1,3,6H2,2,4-5H3/b14-8-,15-13-,17-10+,20-11+. The van der Waals surface area contributed by atoms with Crippen LogP contribution in [0.5, 0.6) is 0 Å². The Morgan fingerprint density at radius 3 is 2.19 bits per heavy atom. The first-order valence-electron chi connectivity index (χ1n) is 8.46. The molecule has 0 radical (unpaired) electrons. The first kappa shape index (κ1) is 19.3. The number of allylic oxidation sites excluding steroid dienone is 6. The molecule has 0 aliphatic carbocycles. The Kier molecular flexibility index (Phi) is 5.83. The fourth-order valence-electron chi connectivity index (χ4n) is 3.31. The summed E-state index contributed by atoms with van der Waals surface area (Å²) in [5.41, 5.74) is 1.48. The van der Waals surface area contributed by atoms with Crippen molar-refractivity contribution in [2.75, 3.05) is 0 Å². The van der Waals surface area contributed by atoms with Crippen LogP contribution < -0.4 is 0 Å². The molecule has 1 unspecified atom stereocenters. The van der Waals surface area contributed by atoms with Gasteiger partial charge in [-0.25, -0.2) is 4.79 Å². The minimum Gasteiger partial charge on any atom is -0.457 e. The molecule has 0 saturated heterocycles. The van der Waals surface area contributed by atoms with Crippen LogP contribution in [-0.2, 0) is 14.3 Å².